The van der Waals surface area contributed by atoms with E-state index in [0.717, 1.165) is 6.07 Å². The third-order valence-corrected chi connectivity index (χ3v) is 3.65. The molecule has 1 fully saturated rings. The Kier molecular flexibility index (Phi) is 4.98. The summed E-state index contributed by atoms with van der Waals surface area (Å²) in [5.74, 6) is -0.698. The molecule has 8 heteroatoms. The number of amides is 1. The molecule has 1 heterocycles. The number of benzene rings is 1. The van der Waals surface area contributed by atoms with Crippen LogP contribution in [0.3, 0.4) is 0 Å². The number of oxime groups is 1. The molecule has 2 rings (SSSR count). The Bertz CT molecular complexity index is 559. The highest BCUT2D eigenvalue weighted by Gasteiger charge is 2.23. The molecule has 3 N–H and O–H groups in total. The van der Waals surface area contributed by atoms with E-state index in [1.807, 2.05) is 4.90 Å². The molecule has 0 radical (unpaired) electrons. The first kappa shape index (κ1) is 15.5. The van der Waals surface area contributed by atoms with E-state index in [1.54, 1.807) is 4.90 Å². The molecule has 0 aromatic heterocycles. The van der Waals surface area contributed by atoms with Gasteiger partial charge in [0.15, 0.2) is 5.84 Å². The van der Waals surface area contributed by atoms with Crippen LogP contribution in [-0.4, -0.2) is 59.5 Å². The molecule has 1 aliphatic rings. The van der Waals surface area contributed by atoms with E-state index in [4.69, 9.17) is 22.5 Å². The van der Waals surface area contributed by atoms with Gasteiger partial charge >= 0.3 is 0 Å². The van der Waals surface area contributed by atoms with E-state index in [1.165, 1.54) is 12.1 Å². The van der Waals surface area contributed by atoms with Crippen molar-refractivity contribution in [3.05, 3.63) is 34.6 Å². The fourth-order valence-electron chi connectivity index (χ4n) is 2.18. The second-order valence-corrected chi connectivity index (χ2v) is 5.20. The standard InChI is InChI=1S/C13H16ClFN4O2/c14-10-2-1-9(7-11(10)15)13(20)19-5-3-18(4-6-19)8-12(16)17-21/h1-2,7,21H,3-6,8H2,(H2,16,17). The highest BCUT2D eigenvalue weighted by molar-refractivity contribution is 6.30. The first-order valence-electron chi connectivity index (χ1n) is 6.44. The van der Waals surface area contributed by atoms with Crippen LogP contribution in [0.25, 0.3) is 0 Å². The van der Waals surface area contributed by atoms with Crippen molar-refractivity contribution < 1.29 is 14.4 Å². The number of piperazine rings is 1. The summed E-state index contributed by atoms with van der Waals surface area (Å²) in [6, 6.07) is 4.03. The highest BCUT2D eigenvalue weighted by atomic mass is 35.5. The van der Waals surface area contributed by atoms with Gasteiger partial charge in [-0.05, 0) is 18.2 Å². The molecule has 0 saturated carbocycles. The van der Waals surface area contributed by atoms with Crippen LogP contribution < -0.4 is 5.73 Å². The SMILES string of the molecule is N/C(CN1CCN(C(=O)c2ccc(Cl)c(F)c2)CC1)=N/O. The minimum atomic E-state index is -0.604. The number of halogens is 2. The predicted molar refractivity (Wildman–Crippen MR) is 77.2 cm³/mol. The van der Waals surface area contributed by atoms with Crippen molar-refractivity contribution in [1.29, 1.82) is 0 Å². The minimum Gasteiger partial charge on any atom is -0.409 e. The number of carbonyl (C=O) groups excluding carboxylic acids is 1. The van der Waals surface area contributed by atoms with Gasteiger partial charge in [0.05, 0.1) is 11.6 Å². The summed E-state index contributed by atoms with van der Waals surface area (Å²) >= 11 is 5.60. The summed E-state index contributed by atoms with van der Waals surface area (Å²) < 4.78 is 13.4. The van der Waals surface area contributed by atoms with Crippen LogP contribution >= 0.6 is 11.6 Å². The maximum Gasteiger partial charge on any atom is 0.254 e. The molecule has 0 atom stereocenters. The van der Waals surface area contributed by atoms with Gasteiger partial charge in [-0.25, -0.2) is 4.39 Å². The minimum absolute atomic E-state index is 0.00450. The van der Waals surface area contributed by atoms with Crippen LogP contribution in [0.2, 0.25) is 5.02 Å². The van der Waals surface area contributed by atoms with Crippen LogP contribution in [0.1, 0.15) is 10.4 Å². The monoisotopic (exact) mass is 314 g/mol. The second kappa shape index (κ2) is 6.73. The summed E-state index contributed by atoms with van der Waals surface area (Å²) in [5.41, 5.74) is 5.72. The molecule has 1 amide bonds. The van der Waals surface area contributed by atoms with Crippen LogP contribution in [0.15, 0.2) is 23.4 Å². The van der Waals surface area contributed by atoms with Crippen LogP contribution in [0.4, 0.5) is 4.39 Å². The van der Waals surface area contributed by atoms with Crippen molar-refractivity contribution in [2.45, 2.75) is 0 Å². The van der Waals surface area contributed by atoms with Gasteiger partial charge in [0.2, 0.25) is 0 Å². The van der Waals surface area contributed by atoms with E-state index < -0.39 is 5.82 Å². The molecule has 0 bridgehead atoms. The predicted octanol–water partition coefficient (Wildman–Crippen LogP) is 0.983. The van der Waals surface area contributed by atoms with Gasteiger partial charge in [0, 0.05) is 31.7 Å². The number of carbonyl (C=O) groups is 1. The van der Waals surface area contributed by atoms with Crippen LogP contribution in [0.5, 0.6) is 0 Å². The van der Waals surface area contributed by atoms with Crippen LogP contribution in [-0.2, 0) is 0 Å². The topological polar surface area (TPSA) is 82.2 Å². The highest BCUT2D eigenvalue weighted by Crippen LogP contribution is 2.17. The van der Waals surface area contributed by atoms with Crippen molar-refractivity contribution in [3.63, 3.8) is 0 Å². The third kappa shape index (κ3) is 3.83. The molecule has 1 aliphatic heterocycles. The molecule has 0 spiro atoms. The maximum atomic E-state index is 13.4. The number of nitrogens with zero attached hydrogens (tertiary/aromatic N) is 3. The zero-order valence-electron chi connectivity index (χ0n) is 11.3. The Morgan fingerprint density at radius 3 is 2.62 bits per heavy atom. The third-order valence-electron chi connectivity index (χ3n) is 3.34. The molecule has 114 valence electrons. The lowest BCUT2D eigenvalue weighted by Gasteiger charge is -2.34. The lowest BCUT2D eigenvalue weighted by molar-refractivity contribution is 0.0652. The molecule has 6 nitrogen and oxygen atoms in total. The molecule has 1 aromatic rings. The fourth-order valence-corrected chi connectivity index (χ4v) is 2.30. The number of hydrogen-bond donors (Lipinski definition) is 2. The van der Waals surface area contributed by atoms with Gasteiger partial charge in [-0.1, -0.05) is 16.8 Å². The average Bonchev–Trinajstić information content (AvgIpc) is 2.50. The van der Waals surface area contributed by atoms with Crippen molar-refractivity contribution in [2.24, 2.45) is 10.9 Å². The Labute approximate surface area is 126 Å². The molecular weight excluding hydrogens is 299 g/mol. The van der Waals surface area contributed by atoms with Gasteiger partial charge in [0.25, 0.3) is 5.91 Å². The molecular formula is C13H16ClFN4O2. The molecule has 1 saturated heterocycles. The van der Waals surface area contributed by atoms with E-state index in [9.17, 15) is 9.18 Å². The van der Waals surface area contributed by atoms with Gasteiger partial charge in [-0.2, -0.15) is 0 Å². The Hall–Kier alpha value is -1.86. The van der Waals surface area contributed by atoms with E-state index in [2.05, 4.69) is 5.16 Å². The van der Waals surface area contributed by atoms with E-state index >= 15 is 0 Å². The van der Waals surface area contributed by atoms with E-state index in [0.29, 0.717) is 32.7 Å². The molecule has 0 aliphatic carbocycles. The Morgan fingerprint density at radius 2 is 2.05 bits per heavy atom. The van der Waals surface area contributed by atoms with Crippen molar-refractivity contribution in [1.82, 2.24) is 9.80 Å². The van der Waals surface area contributed by atoms with Crippen molar-refractivity contribution in [2.75, 3.05) is 32.7 Å². The summed E-state index contributed by atoms with van der Waals surface area (Å²) in [6.07, 6.45) is 0. The number of rotatable bonds is 3. The number of hydrogen-bond acceptors (Lipinski definition) is 4. The van der Waals surface area contributed by atoms with Crippen molar-refractivity contribution in [3.8, 4) is 0 Å². The van der Waals surface area contributed by atoms with Gasteiger partial charge in [-0.15, -0.1) is 0 Å². The summed E-state index contributed by atoms with van der Waals surface area (Å²) in [7, 11) is 0. The zero-order valence-corrected chi connectivity index (χ0v) is 12.1. The van der Waals surface area contributed by atoms with Gasteiger partial charge in [0.1, 0.15) is 5.82 Å². The summed E-state index contributed by atoms with van der Waals surface area (Å²) in [6.45, 7) is 2.58. The zero-order chi connectivity index (χ0) is 15.4. The van der Waals surface area contributed by atoms with Crippen molar-refractivity contribution >= 4 is 23.3 Å². The quantitative estimate of drug-likeness (QED) is 0.377. The largest absolute Gasteiger partial charge is 0.409 e. The smallest absolute Gasteiger partial charge is 0.254 e. The fraction of sp³-hybridized carbons (Fsp3) is 0.385. The van der Waals surface area contributed by atoms with E-state index in [-0.39, 0.29) is 22.3 Å². The molecule has 1 aromatic carbocycles. The molecule has 21 heavy (non-hydrogen) atoms. The lowest BCUT2D eigenvalue weighted by Crippen LogP contribution is -2.50. The maximum absolute atomic E-state index is 13.4. The number of nitrogens with two attached hydrogens (primary N) is 1. The first-order chi connectivity index (χ1) is 10.0. The molecule has 0 unspecified atom stereocenters. The first-order valence-corrected chi connectivity index (χ1v) is 6.82. The average molecular weight is 315 g/mol. The Balaban J connectivity index is 1.95. The Morgan fingerprint density at radius 1 is 1.38 bits per heavy atom. The normalized spacial score (nSPS) is 17.0. The summed E-state index contributed by atoms with van der Waals surface area (Å²) in [5, 5.41) is 11.4. The second-order valence-electron chi connectivity index (χ2n) is 4.79. The lowest BCUT2D eigenvalue weighted by atomic mass is 10.1. The van der Waals surface area contributed by atoms with Crippen LogP contribution in [0, 0.1) is 5.82 Å². The summed E-state index contributed by atoms with van der Waals surface area (Å²) in [4.78, 5) is 15.9. The number of amidine groups is 1. The van der Waals surface area contributed by atoms with Gasteiger partial charge < -0.3 is 15.8 Å². The van der Waals surface area contributed by atoms with Gasteiger partial charge in [-0.3, -0.25) is 9.69 Å².